The highest BCUT2D eigenvalue weighted by atomic mass is 32.1. The van der Waals surface area contributed by atoms with Crippen molar-refractivity contribution >= 4 is 50.9 Å². The number of thiophene rings is 1. The number of nitrogens with two attached hydrogens (primary N) is 1. The topological polar surface area (TPSA) is 141 Å². The number of ketones is 1. The molecule has 9 nitrogen and oxygen atoms in total. The quantitative estimate of drug-likeness (QED) is 0.428. The molecular formula is C18H13N5O4S2. The Morgan fingerprint density at radius 1 is 1.21 bits per heavy atom. The summed E-state index contributed by atoms with van der Waals surface area (Å²) in [5, 5.41) is 4.40. The van der Waals surface area contributed by atoms with Crippen molar-refractivity contribution in [3.63, 3.8) is 0 Å². The van der Waals surface area contributed by atoms with Crippen LogP contribution in [0.4, 0.5) is 0 Å². The Morgan fingerprint density at radius 3 is 2.83 bits per heavy atom. The standard InChI is InChI=1S/C18H13N5O4S2/c19-17(25)15(24)11(7-9-8-27-12-4-6-28-16(9)12)21-18(26)14-13(22-29-23-14)10-3-1-2-5-20-10/h1-6,8,11H,7H2,(H2,19,25)(H,21,26). The van der Waals surface area contributed by atoms with E-state index < -0.39 is 23.6 Å². The van der Waals surface area contributed by atoms with Crippen LogP contribution in [0.1, 0.15) is 16.1 Å². The third kappa shape index (κ3) is 3.77. The first-order valence-corrected chi connectivity index (χ1v) is 9.97. The summed E-state index contributed by atoms with van der Waals surface area (Å²) in [6, 6.07) is 5.82. The minimum absolute atomic E-state index is 0.0180. The molecule has 0 aliphatic rings. The lowest BCUT2D eigenvalue weighted by molar-refractivity contribution is -0.137. The summed E-state index contributed by atoms with van der Waals surface area (Å²) in [4.78, 5) is 40.8. The number of aromatic nitrogens is 3. The van der Waals surface area contributed by atoms with Gasteiger partial charge in [-0.05, 0) is 23.6 Å². The molecule has 29 heavy (non-hydrogen) atoms. The number of pyridine rings is 1. The Balaban J connectivity index is 1.61. The first-order valence-electron chi connectivity index (χ1n) is 8.36. The second-order valence-electron chi connectivity index (χ2n) is 6.01. The molecule has 0 spiro atoms. The van der Waals surface area contributed by atoms with Gasteiger partial charge in [0.25, 0.3) is 11.8 Å². The van der Waals surface area contributed by atoms with E-state index in [2.05, 4.69) is 19.0 Å². The van der Waals surface area contributed by atoms with E-state index in [9.17, 15) is 14.4 Å². The Morgan fingerprint density at radius 2 is 2.07 bits per heavy atom. The van der Waals surface area contributed by atoms with Crippen LogP contribution in [-0.4, -0.2) is 37.4 Å². The van der Waals surface area contributed by atoms with Crippen molar-refractivity contribution in [1.82, 2.24) is 19.0 Å². The predicted molar refractivity (Wildman–Crippen MR) is 106 cm³/mol. The third-order valence-corrected chi connectivity index (χ3v) is 5.65. The molecule has 1 unspecified atom stereocenters. The number of carbonyl (C=O) groups excluding carboxylic acids is 3. The van der Waals surface area contributed by atoms with Crippen LogP contribution >= 0.6 is 23.1 Å². The third-order valence-electron chi connectivity index (χ3n) is 4.15. The molecule has 4 heterocycles. The summed E-state index contributed by atoms with van der Waals surface area (Å²) < 4.78 is 14.4. The van der Waals surface area contributed by atoms with Gasteiger partial charge in [0, 0.05) is 18.2 Å². The molecule has 0 radical (unpaired) electrons. The summed E-state index contributed by atoms with van der Waals surface area (Å²) in [5.41, 5.74) is 7.32. The summed E-state index contributed by atoms with van der Waals surface area (Å²) in [7, 11) is 0. The number of hydrogen-bond donors (Lipinski definition) is 2. The van der Waals surface area contributed by atoms with Crippen molar-refractivity contribution in [2.45, 2.75) is 12.5 Å². The van der Waals surface area contributed by atoms with E-state index in [1.807, 2.05) is 5.38 Å². The molecule has 2 amide bonds. The van der Waals surface area contributed by atoms with Crippen molar-refractivity contribution in [2.75, 3.05) is 0 Å². The highest BCUT2D eigenvalue weighted by Crippen LogP contribution is 2.28. The molecule has 0 saturated heterocycles. The van der Waals surface area contributed by atoms with Gasteiger partial charge in [0.1, 0.15) is 17.3 Å². The van der Waals surface area contributed by atoms with Gasteiger partial charge in [-0.25, -0.2) is 0 Å². The Labute approximate surface area is 171 Å². The van der Waals surface area contributed by atoms with Crippen LogP contribution in [0.2, 0.25) is 0 Å². The number of amides is 2. The van der Waals surface area contributed by atoms with Crippen molar-refractivity contribution in [3.8, 4) is 11.4 Å². The summed E-state index contributed by atoms with van der Waals surface area (Å²) in [5.74, 6) is -2.70. The molecule has 1 atom stereocenters. The molecule has 4 rings (SSSR count). The average Bonchev–Trinajstić information content (AvgIpc) is 3.45. The van der Waals surface area contributed by atoms with Crippen molar-refractivity contribution in [1.29, 1.82) is 0 Å². The molecule has 3 N–H and O–H groups in total. The fourth-order valence-electron chi connectivity index (χ4n) is 2.79. The average molecular weight is 427 g/mol. The van der Waals surface area contributed by atoms with Crippen molar-refractivity contribution in [3.05, 3.63) is 53.4 Å². The van der Waals surface area contributed by atoms with E-state index in [1.165, 1.54) is 17.6 Å². The monoisotopic (exact) mass is 427 g/mol. The second kappa shape index (κ2) is 7.89. The van der Waals surface area contributed by atoms with E-state index in [0.29, 0.717) is 22.5 Å². The van der Waals surface area contributed by atoms with Gasteiger partial charge in [0.15, 0.2) is 5.69 Å². The van der Waals surface area contributed by atoms with Crippen LogP contribution in [0.25, 0.3) is 21.7 Å². The number of Topliss-reactive ketones (excluding diaryl/α,β-unsaturated/α-hetero) is 1. The Kier molecular flexibility index (Phi) is 5.14. The smallest absolute Gasteiger partial charge is 0.287 e. The van der Waals surface area contributed by atoms with Gasteiger partial charge in [-0.3, -0.25) is 19.4 Å². The minimum atomic E-state index is -1.17. The number of rotatable bonds is 7. The van der Waals surface area contributed by atoms with Gasteiger partial charge in [-0.15, -0.1) is 11.3 Å². The molecule has 0 aliphatic heterocycles. The predicted octanol–water partition coefficient (Wildman–Crippen LogP) is 1.80. The van der Waals surface area contributed by atoms with E-state index in [4.69, 9.17) is 10.2 Å². The zero-order chi connectivity index (χ0) is 20.4. The minimum Gasteiger partial charge on any atom is -0.463 e. The number of primary amides is 1. The van der Waals surface area contributed by atoms with Gasteiger partial charge in [0.2, 0.25) is 5.78 Å². The van der Waals surface area contributed by atoms with E-state index in [-0.39, 0.29) is 12.1 Å². The van der Waals surface area contributed by atoms with E-state index in [0.717, 1.165) is 16.4 Å². The number of furan rings is 1. The van der Waals surface area contributed by atoms with Crippen molar-refractivity contribution < 1.29 is 18.8 Å². The van der Waals surface area contributed by atoms with Crippen molar-refractivity contribution in [2.24, 2.45) is 5.73 Å². The van der Waals surface area contributed by atoms with Gasteiger partial charge in [-0.1, -0.05) is 6.07 Å². The molecular weight excluding hydrogens is 414 g/mol. The molecule has 0 fully saturated rings. The molecule has 146 valence electrons. The maximum atomic E-state index is 12.8. The lowest BCUT2D eigenvalue weighted by Gasteiger charge is -2.15. The first-order chi connectivity index (χ1) is 14.0. The number of fused-ring (bicyclic) bond motifs is 1. The van der Waals surface area contributed by atoms with Crippen LogP contribution in [-0.2, 0) is 16.0 Å². The van der Waals surface area contributed by atoms with Crippen LogP contribution in [0.3, 0.4) is 0 Å². The molecule has 0 aromatic carbocycles. The lowest BCUT2D eigenvalue weighted by atomic mass is 10.0. The zero-order valence-corrected chi connectivity index (χ0v) is 16.3. The van der Waals surface area contributed by atoms with Crippen LogP contribution < -0.4 is 11.1 Å². The fraction of sp³-hybridized carbons (Fsp3) is 0.111. The first kappa shape index (κ1) is 18.9. The van der Waals surface area contributed by atoms with E-state index in [1.54, 1.807) is 30.5 Å². The number of carbonyl (C=O) groups is 3. The molecule has 0 saturated carbocycles. The molecule has 4 aromatic heterocycles. The number of hydrogen-bond acceptors (Lipinski definition) is 9. The lowest BCUT2D eigenvalue weighted by Crippen LogP contribution is -2.47. The Bertz CT molecular complexity index is 1200. The maximum absolute atomic E-state index is 12.8. The van der Waals surface area contributed by atoms with Gasteiger partial charge in [0.05, 0.1) is 28.4 Å². The molecule has 4 aromatic rings. The van der Waals surface area contributed by atoms with Crippen LogP contribution in [0.15, 0.2) is 46.5 Å². The molecule has 0 aliphatic carbocycles. The second-order valence-corrected chi connectivity index (χ2v) is 7.45. The fourth-order valence-corrected chi connectivity index (χ4v) is 4.19. The van der Waals surface area contributed by atoms with E-state index >= 15 is 0 Å². The van der Waals surface area contributed by atoms with Gasteiger partial charge in [-0.2, -0.15) is 8.75 Å². The van der Waals surface area contributed by atoms with Gasteiger partial charge < -0.3 is 15.5 Å². The highest BCUT2D eigenvalue weighted by Gasteiger charge is 2.29. The van der Waals surface area contributed by atoms with Crippen LogP contribution in [0, 0.1) is 0 Å². The maximum Gasteiger partial charge on any atom is 0.287 e. The summed E-state index contributed by atoms with van der Waals surface area (Å²) >= 11 is 2.29. The SMILES string of the molecule is NC(=O)C(=O)C(Cc1coc2ccsc12)NC(=O)c1nsnc1-c1ccccn1. The number of nitrogens with zero attached hydrogens (tertiary/aromatic N) is 3. The van der Waals surface area contributed by atoms with Gasteiger partial charge >= 0.3 is 0 Å². The molecule has 11 heteroatoms. The zero-order valence-electron chi connectivity index (χ0n) is 14.7. The Hall–Kier alpha value is -3.44. The normalized spacial score (nSPS) is 12.0. The highest BCUT2D eigenvalue weighted by molar-refractivity contribution is 7.17. The number of nitrogens with one attached hydrogen (secondary N) is 1. The van der Waals surface area contributed by atoms with Crippen LogP contribution in [0.5, 0.6) is 0 Å². The largest absolute Gasteiger partial charge is 0.463 e. The summed E-state index contributed by atoms with van der Waals surface area (Å²) in [6.45, 7) is 0. The summed E-state index contributed by atoms with van der Waals surface area (Å²) in [6.07, 6.45) is 3.12. The molecule has 0 bridgehead atoms.